The summed E-state index contributed by atoms with van der Waals surface area (Å²) in [5.41, 5.74) is 5.40. The van der Waals surface area contributed by atoms with Gasteiger partial charge in [-0.15, -0.1) is 0 Å². The number of aliphatic hydroxyl groups excluding tert-OH is 3. The van der Waals surface area contributed by atoms with Crippen molar-refractivity contribution in [3.05, 3.63) is 0 Å². The van der Waals surface area contributed by atoms with E-state index < -0.39 is 24.4 Å². The van der Waals surface area contributed by atoms with E-state index in [2.05, 4.69) is 0 Å². The Hall–Kier alpha value is 0.190. The van der Waals surface area contributed by atoms with Gasteiger partial charge < -0.3 is 21.1 Å². The molecule has 4 nitrogen and oxygen atoms in total. The molecule has 0 aromatic carbocycles. The van der Waals surface area contributed by atoms with Gasteiger partial charge in [0, 0.05) is 0 Å². The molecule has 0 aromatic heterocycles. The molecule has 0 aliphatic heterocycles. The van der Waals surface area contributed by atoms with E-state index in [1.54, 1.807) is 6.26 Å². The van der Waals surface area contributed by atoms with Gasteiger partial charge in [-0.2, -0.15) is 11.8 Å². The summed E-state index contributed by atoms with van der Waals surface area (Å²) in [5.74, 6) is 0. The number of nitrogens with two attached hydrogens (primary N) is 1. The van der Waals surface area contributed by atoms with Crippen LogP contribution in [0, 0.1) is 0 Å². The predicted octanol–water partition coefficient (Wildman–Crippen LogP) is -1.86. The lowest BCUT2D eigenvalue weighted by atomic mass is 10.2. The van der Waals surface area contributed by atoms with Crippen LogP contribution in [-0.4, -0.2) is 51.2 Å². The van der Waals surface area contributed by atoms with Crippen molar-refractivity contribution in [2.45, 2.75) is 29.6 Å². The second-order valence-electron chi connectivity index (χ2n) is 2.75. The third-order valence-corrected chi connectivity index (χ3v) is 3.19. The highest BCUT2D eigenvalue weighted by Gasteiger charge is 2.46. The first-order chi connectivity index (χ1) is 5.09. The van der Waals surface area contributed by atoms with Crippen molar-refractivity contribution in [2.75, 3.05) is 6.26 Å². The number of hydrogen-bond donors (Lipinski definition) is 4. The fourth-order valence-corrected chi connectivity index (χ4v) is 2.22. The van der Waals surface area contributed by atoms with Gasteiger partial charge in [-0.25, -0.2) is 0 Å². The average molecular weight is 179 g/mol. The van der Waals surface area contributed by atoms with Gasteiger partial charge in [-0.3, -0.25) is 0 Å². The molecule has 0 saturated heterocycles. The van der Waals surface area contributed by atoms with Crippen molar-refractivity contribution in [3.8, 4) is 0 Å². The van der Waals surface area contributed by atoms with E-state index in [9.17, 15) is 15.3 Å². The van der Waals surface area contributed by atoms with E-state index in [4.69, 9.17) is 5.73 Å². The van der Waals surface area contributed by atoms with Gasteiger partial charge in [0.2, 0.25) is 0 Å². The smallest absolute Gasteiger partial charge is 0.0987 e. The van der Waals surface area contributed by atoms with Crippen molar-refractivity contribution in [2.24, 2.45) is 5.73 Å². The second-order valence-corrected chi connectivity index (χ2v) is 3.77. The molecular weight excluding hydrogens is 166 g/mol. The van der Waals surface area contributed by atoms with E-state index >= 15 is 0 Å². The molecule has 0 amide bonds. The van der Waals surface area contributed by atoms with E-state index in [0.29, 0.717) is 0 Å². The van der Waals surface area contributed by atoms with Crippen molar-refractivity contribution >= 4 is 11.8 Å². The number of rotatable bonds is 1. The van der Waals surface area contributed by atoms with Crippen LogP contribution in [0.2, 0.25) is 0 Å². The van der Waals surface area contributed by atoms with Gasteiger partial charge in [0.1, 0.15) is 0 Å². The van der Waals surface area contributed by atoms with E-state index in [0.717, 1.165) is 0 Å². The molecule has 0 bridgehead atoms. The minimum atomic E-state index is -0.998. The Bertz CT molecular complexity index is 132. The van der Waals surface area contributed by atoms with Crippen LogP contribution in [0.15, 0.2) is 0 Å². The highest BCUT2D eigenvalue weighted by Crippen LogP contribution is 2.28. The maximum atomic E-state index is 9.33. The van der Waals surface area contributed by atoms with Crippen LogP contribution in [-0.2, 0) is 0 Å². The zero-order valence-corrected chi connectivity index (χ0v) is 7.03. The van der Waals surface area contributed by atoms with Crippen LogP contribution < -0.4 is 5.73 Å². The number of thioether (sulfide) groups is 1. The Morgan fingerprint density at radius 2 is 1.64 bits per heavy atom. The van der Waals surface area contributed by atoms with Gasteiger partial charge in [0.25, 0.3) is 0 Å². The van der Waals surface area contributed by atoms with Crippen molar-refractivity contribution < 1.29 is 15.3 Å². The SMILES string of the molecule is CS[C@H]1[C@H](O)[C@H](N)[C@H](O)[C@H]1O. The van der Waals surface area contributed by atoms with Gasteiger partial charge in [0.15, 0.2) is 0 Å². The van der Waals surface area contributed by atoms with E-state index in [1.165, 1.54) is 11.8 Å². The molecule has 1 aliphatic rings. The monoisotopic (exact) mass is 179 g/mol. The molecule has 0 unspecified atom stereocenters. The largest absolute Gasteiger partial charge is 0.390 e. The van der Waals surface area contributed by atoms with Crippen molar-refractivity contribution in [1.82, 2.24) is 0 Å². The number of hydrogen-bond acceptors (Lipinski definition) is 5. The summed E-state index contributed by atoms with van der Waals surface area (Å²) in [4.78, 5) is 0. The molecule has 11 heavy (non-hydrogen) atoms. The molecule has 0 radical (unpaired) electrons. The predicted molar refractivity (Wildman–Crippen MR) is 43.3 cm³/mol. The van der Waals surface area contributed by atoms with Gasteiger partial charge in [-0.1, -0.05) is 0 Å². The molecule has 0 aromatic rings. The molecule has 1 saturated carbocycles. The first-order valence-electron chi connectivity index (χ1n) is 3.42. The Balaban J connectivity index is 2.69. The van der Waals surface area contributed by atoms with E-state index in [-0.39, 0.29) is 5.25 Å². The fraction of sp³-hybridized carbons (Fsp3) is 1.00. The molecule has 1 fully saturated rings. The average Bonchev–Trinajstić information content (AvgIpc) is 2.17. The third-order valence-electron chi connectivity index (χ3n) is 2.08. The molecule has 5 heteroatoms. The van der Waals surface area contributed by atoms with Crippen LogP contribution in [0.3, 0.4) is 0 Å². The van der Waals surface area contributed by atoms with Crippen molar-refractivity contribution in [1.29, 1.82) is 0 Å². The first-order valence-corrected chi connectivity index (χ1v) is 4.71. The number of aliphatic hydroxyl groups is 3. The van der Waals surface area contributed by atoms with Crippen molar-refractivity contribution in [3.63, 3.8) is 0 Å². The zero-order chi connectivity index (χ0) is 8.59. The highest BCUT2D eigenvalue weighted by molar-refractivity contribution is 7.99. The summed E-state index contributed by atoms with van der Waals surface area (Å²) in [6.45, 7) is 0. The minimum absolute atomic E-state index is 0.361. The van der Waals surface area contributed by atoms with Crippen LogP contribution in [0.5, 0.6) is 0 Å². The molecule has 1 aliphatic carbocycles. The molecule has 1 rings (SSSR count). The Morgan fingerprint density at radius 3 is 1.82 bits per heavy atom. The lowest BCUT2D eigenvalue weighted by Gasteiger charge is -2.14. The molecule has 0 spiro atoms. The van der Waals surface area contributed by atoms with Gasteiger partial charge in [-0.05, 0) is 6.26 Å². The quantitative estimate of drug-likeness (QED) is 0.379. The molecule has 66 valence electrons. The lowest BCUT2D eigenvalue weighted by Crippen LogP contribution is -2.40. The Morgan fingerprint density at radius 1 is 1.09 bits per heavy atom. The summed E-state index contributed by atoms with van der Waals surface area (Å²) in [6.07, 6.45) is -0.950. The fourth-order valence-electron chi connectivity index (χ4n) is 1.32. The Kier molecular flexibility index (Phi) is 2.77. The minimum Gasteiger partial charge on any atom is -0.390 e. The summed E-state index contributed by atoms with van der Waals surface area (Å²) < 4.78 is 0. The lowest BCUT2D eigenvalue weighted by molar-refractivity contribution is 0.0373. The first kappa shape index (κ1) is 9.28. The molecule has 5 N–H and O–H groups in total. The summed E-state index contributed by atoms with van der Waals surface area (Å²) >= 11 is 1.32. The zero-order valence-electron chi connectivity index (χ0n) is 6.21. The van der Waals surface area contributed by atoms with Crippen LogP contribution in [0.25, 0.3) is 0 Å². The third kappa shape index (κ3) is 1.39. The normalized spacial score (nSPS) is 51.5. The van der Waals surface area contributed by atoms with Gasteiger partial charge >= 0.3 is 0 Å². The summed E-state index contributed by atoms with van der Waals surface area (Å²) in [6, 6.07) is -0.720. The highest BCUT2D eigenvalue weighted by atomic mass is 32.2. The summed E-state index contributed by atoms with van der Waals surface area (Å²) in [7, 11) is 0. The second kappa shape index (κ2) is 3.28. The van der Waals surface area contributed by atoms with Crippen LogP contribution >= 0.6 is 11.8 Å². The van der Waals surface area contributed by atoms with Crippen LogP contribution in [0.1, 0.15) is 0 Å². The molecular formula is C6H13NO3S. The molecule has 5 atom stereocenters. The van der Waals surface area contributed by atoms with Gasteiger partial charge in [0.05, 0.1) is 29.6 Å². The Labute approximate surface area is 69.4 Å². The topological polar surface area (TPSA) is 86.7 Å². The maximum absolute atomic E-state index is 9.33. The summed E-state index contributed by atoms with van der Waals surface area (Å²) in [5, 5.41) is 27.4. The maximum Gasteiger partial charge on any atom is 0.0987 e. The standard InChI is InChI=1S/C6H13NO3S/c1-11-6-4(9)2(7)3(8)5(6)10/h2-6,8-10H,7H2,1H3/t2-,3+,4-,5-,6+/m1/s1. The van der Waals surface area contributed by atoms with Crippen LogP contribution in [0.4, 0.5) is 0 Å². The molecule has 0 heterocycles. The van der Waals surface area contributed by atoms with E-state index in [1.807, 2.05) is 0 Å².